The standard InChI is InChI=1S/C30H33N3O4S/c1-18(2)27(33-15-22-6-4-5-7-24(22)29(33)36)30(37)32-16-23(34)14-25(32)26(35)13-10-20-8-11-21(12-9-20)28-19(3)31-17-38-28/h4-9,11-12,17-18,23,25,27,34H,10,13-16H2,1-3H3/t23-,25?,27+/m1/s1. The van der Waals surface area contributed by atoms with E-state index in [0.29, 0.717) is 18.5 Å². The number of thiazole rings is 1. The van der Waals surface area contributed by atoms with Crippen molar-refractivity contribution in [3.05, 3.63) is 76.4 Å². The Labute approximate surface area is 227 Å². The minimum Gasteiger partial charge on any atom is -0.391 e. The number of aromatic nitrogens is 1. The number of aliphatic hydroxyl groups is 1. The Balaban J connectivity index is 1.27. The third kappa shape index (κ3) is 5.02. The molecule has 7 nitrogen and oxygen atoms in total. The molecule has 2 amide bonds. The van der Waals surface area contributed by atoms with E-state index in [0.717, 1.165) is 27.3 Å². The van der Waals surface area contributed by atoms with Crippen LogP contribution in [0.15, 0.2) is 54.0 Å². The van der Waals surface area contributed by atoms with Crippen molar-refractivity contribution >= 4 is 28.9 Å². The molecule has 198 valence electrons. The second-order valence-electron chi connectivity index (χ2n) is 10.6. The molecule has 3 heterocycles. The van der Waals surface area contributed by atoms with Gasteiger partial charge in [-0.25, -0.2) is 4.98 Å². The van der Waals surface area contributed by atoms with Crippen LogP contribution >= 0.6 is 11.3 Å². The first-order valence-corrected chi connectivity index (χ1v) is 14.0. The van der Waals surface area contributed by atoms with Crippen LogP contribution in [0.25, 0.3) is 10.4 Å². The number of Topliss-reactive ketones (excluding diaryl/α,β-unsaturated/α-hetero) is 1. The number of amides is 2. The first kappa shape index (κ1) is 26.3. The third-order valence-corrected chi connectivity index (χ3v) is 8.60. The van der Waals surface area contributed by atoms with Crippen molar-refractivity contribution in [2.45, 2.75) is 64.8 Å². The fraction of sp³-hybridized carbons (Fsp3) is 0.400. The van der Waals surface area contributed by atoms with Crippen LogP contribution in [0.3, 0.4) is 0 Å². The van der Waals surface area contributed by atoms with E-state index in [2.05, 4.69) is 4.98 Å². The molecule has 38 heavy (non-hydrogen) atoms. The molecule has 5 rings (SSSR count). The number of fused-ring (bicyclic) bond motifs is 1. The molecule has 0 saturated carbocycles. The predicted molar refractivity (Wildman–Crippen MR) is 147 cm³/mol. The molecule has 2 aliphatic heterocycles. The summed E-state index contributed by atoms with van der Waals surface area (Å²) < 4.78 is 0. The van der Waals surface area contributed by atoms with Crippen LogP contribution in [0.1, 0.15) is 53.9 Å². The van der Waals surface area contributed by atoms with E-state index in [1.165, 1.54) is 4.90 Å². The molecule has 1 saturated heterocycles. The van der Waals surface area contributed by atoms with E-state index in [9.17, 15) is 19.5 Å². The number of ketones is 1. The minimum absolute atomic E-state index is 0.0594. The lowest BCUT2D eigenvalue weighted by molar-refractivity contribution is -0.142. The zero-order valence-corrected chi connectivity index (χ0v) is 22.8. The molecule has 0 aliphatic carbocycles. The Morgan fingerprint density at radius 1 is 1.13 bits per heavy atom. The van der Waals surface area contributed by atoms with Crippen LogP contribution in [0.4, 0.5) is 0 Å². The number of hydrogen-bond donors (Lipinski definition) is 1. The fourth-order valence-electron chi connectivity index (χ4n) is 5.65. The van der Waals surface area contributed by atoms with Gasteiger partial charge in [-0.3, -0.25) is 14.4 Å². The summed E-state index contributed by atoms with van der Waals surface area (Å²) in [6.07, 6.45) is 0.311. The number of carbonyl (C=O) groups is 3. The van der Waals surface area contributed by atoms with Crippen LogP contribution in [0.2, 0.25) is 0 Å². The molecule has 1 fully saturated rings. The molecular formula is C30H33N3O4S. The highest BCUT2D eigenvalue weighted by Crippen LogP contribution is 2.31. The average Bonchev–Trinajstić information content (AvgIpc) is 3.60. The minimum atomic E-state index is -0.755. The van der Waals surface area contributed by atoms with Gasteiger partial charge < -0.3 is 14.9 Å². The molecular weight excluding hydrogens is 498 g/mol. The van der Waals surface area contributed by atoms with Gasteiger partial charge >= 0.3 is 0 Å². The van der Waals surface area contributed by atoms with Crippen LogP contribution < -0.4 is 0 Å². The van der Waals surface area contributed by atoms with Gasteiger partial charge in [-0.05, 0) is 42.0 Å². The summed E-state index contributed by atoms with van der Waals surface area (Å²) in [7, 11) is 0. The summed E-state index contributed by atoms with van der Waals surface area (Å²) in [5.41, 5.74) is 6.51. The summed E-state index contributed by atoms with van der Waals surface area (Å²) in [6, 6.07) is 14.2. The van der Waals surface area contributed by atoms with E-state index in [1.807, 2.05) is 68.7 Å². The third-order valence-electron chi connectivity index (χ3n) is 7.63. The lowest BCUT2D eigenvalue weighted by Gasteiger charge is -2.35. The Bertz CT molecular complexity index is 1350. The maximum atomic E-state index is 13.8. The highest BCUT2D eigenvalue weighted by Gasteiger charge is 2.45. The van der Waals surface area contributed by atoms with Crippen molar-refractivity contribution in [2.75, 3.05) is 6.54 Å². The van der Waals surface area contributed by atoms with Gasteiger partial charge in [0.05, 0.1) is 28.2 Å². The van der Waals surface area contributed by atoms with E-state index >= 15 is 0 Å². The van der Waals surface area contributed by atoms with Crippen LogP contribution in [0, 0.1) is 12.8 Å². The molecule has 1 unspecified atom stereocenters. The monoisotopic (exact) mass is 531 g/mol. The highest BCUT2D eigenvalue weighted by molar-refractivity contribution is 7.13. The van der Waals surface area contributed by atoms with Crippen molar-refractivity contribution in [3.63, 3.8) is 0 Å². The number of hydrogen-bond acceptors (Lipinski definition) is 6. The van der Waals surface area contributed by atoms with Gasteiger partial charge in [0.25, 0.3) is 5.91 Å². The zero-order chi connectivity index (χ0) is 27.0. The topological polar surface area (TPSA) is 90.8 Å². The molecule has 2 aliphatic rings. The van der Waals surface area contributed by atoms with Gasteiger partial charge in [0.15, 0.2) is 5.78 Å². The lowest BCUT2D eigenvalue weighted by atomic mass is 9.98. The average molecular weight is 532 g/mol. The van der Waals surface area contributed by atoms with E-state index < -0.39 is 18.2 Å². The number of rotatable bonds is 8. The number of carbonyl (C=O) groups excluding carboxylic acids is 3. The first-order chi connectivity index (χ1) is 18.2. The van der Waals surface area contributed by atoms with Gasteiger partial charge in [-0.1, -0.05) is 56.3 Å². The number of aryl methyl sites for hydroxylation is 2. The number of β-amino-alcohol motifs (C(OH)–C–C–N with tert-alkyl or cyclic N) is 1. The summed E-state index contributed by atoms with van der Waals surface area (Å²) in [5.74, 6) is -0.627. The Morgan fingerprint density at radius 3 is 2.53 bits per heavy atom. The maximum Gasteiger partial charge on any atom is 0.255 e. The van der Waals surface area contributed by atoms with E-state index in [4.69, 9.17) is 0 Å². The summed E-state index contributed by atoms with van der Waals surface area (Å²) >= 11 is 1.61. The molecule has 1 N–H and O–H groups in total. The number of likely N-dealkylation sites (tertiary alicyclic amines) is 1. The summed E-state index contributed by atoms with van der Waals surface area (Å²) in [5, 5.41) is 10.4. The van der Waals surface area contributed by atoms with Crippen molar-refractivity contribution in [1.29, 1.82) is 0 Å². The lowest BCUT2D eigenvalue weighted by Crippen LogP contribution is -2.54. The van der Waals surface area contributed by atoms with Gasteiger partial charge in [0, 0.05) is 31.5 Å². The normalized spacial score (nSPS) is 19.8. The smallest absolute Gasteiger partial charge is 0.255 e. The second kappa shape index (κ2) is 10.8. The van der Waals surface area contributed by atoms with Gasteiger partial charge in [0.1, 0.15) is 6.04 Å². The summed E-state index contributed by atoms with van der Waals surface area (Å²) in [6.45, 7) is 6.30. The van der Waals surface area contributed by atoms with Crippen molar-refractivity contribution in [3.8, 4) is 10.4 Å². The number of benzene rings is 2. The SMILES string of the molecule is Cc1ncsc1-c1ccc(CCC(=O)C2C[C@@H](O)CN2C(=O)[C@H](C(C)C)N2Cc3ccccc3C2=O)cc1. The second-order valence-corrected chi connectivity index (χ2v) is 11.5. The molecule has 0 radical (unpaired) electrons. The first-order valence-electron chi connectivity index (χ1n) is 13.1. The van der Waals surface area contributed by atoms with Gasteiger partial charge in [0.2, 0.25) is 5.91 Å². The molecule has 0 spiro atoms. The predicted octanol–water partition coefficient (Wildman–Crippen LogP) is 4.26. The molecule has 8 heteroatoms. The van der Waals surface area contributed by atoms with Crippen molar-refractivity contribution in [1.82, 2.24) is 14.8 Å². The maximum absolute atomic E-state index is 13.8. The Hall–Kier alpha value is -3.36. The number of aliphatic hydroxyl groups excluding tert-OH is 1. The zero-order valence-electron chi connectivity index (χ0n) is 22.0. The molecule has 0 bridgehead atoms. The molecule has 1 aromatic heterocycles. The van der Waals surface area contributed by atoms with Crippen molar-refractivity contribution in [2.24, 2.45) is 5.92 Å². The number of nitrogens with zero attached hydrogens (tertiary/aromatic N) is 3. The van der Waals surface area contributed by atoms with Gasteiger partial charge in [-0.15, -0.1) is 11.3 Å². The quantitative estimate of drug-likeness (QED) is 0.469. The highest BCUT2D eigenvalue weighted by atomic mass is 32.1. The van der Waals surface area contributed by atoms with E-state index in [1.54, 1.807) is 22.3 Å². The van der Waals surface area contributed by atoms with Gasteiger partial charge in [-0.2, -0.15) is 0 Å². The fourth-order valence-corrected chi connectivity index (χ4v) is 6.46. The van der Waals surface area contributed by atoms with Crippen LogP contribution in [-0.4, -0.2) is 62.2 Å². The van der Waals surface area contributed by atoms with Crippen LogP contribution in [0.5, 0.6) is 0 Å². The largest absolute Gasteiger partial charge is 0.391 e. The van der Waals surface area contributed by atoms with E-state index in [-0.39, 0.29) is 42.9 Å². The molecule has 2 aromatic carbocycles. The van der Waals surface area contributed by atoms with Crippen molar-refractivity contribution < 1.29 is 19.5 Å². The van der Waals surface area contributed by atoms with Crippen LogP contribution in [-0.2, 0) is 22.6 Å². The summed E-state index contributed by atoms with van der Waals surface area (Å²) in [4.78, 5) is 48.9. The molecule has 3 aromatic rings. The molecule has 3 atom stereocenters. The Morgan fingerprint density at radius 2 is 1.87 bits per heavy atom. The Kier molecular flexibility index (Phi) is 7.45.